The molecule has 0 unspecified atom stereocenters. The summed E-state index contributed by atoms with van der Waals surface area (Å²) in [5.41, 5.74) is 3.92. The number of ether oxygens (including phenoxy) is 1. The first-order valence-electron chi connectivity index (χ1n) is 8.99. The summed E-state index contributed by atoms with van der Waals surface area (Å²) in [6.45, 7) is 2.02. The third-order valence-electron chi connectivity index (χ3n) is 4.30. The van der Waals surface area contributed by atoms with Crippen molar-refractivity contribution in [2.24, 2.45) is 0 Å². The summed E-state index contributed by atoms with van der Waals surface area (Å²) in [4.78, 5) is 24.1. The van der Waals surface area contributed by atoms with Crippen LogP contribution in [0, 0.1) is 6.92 Å². The molecule has 0 aliphatic heterocycles. The Kier molecular flexibility index (Phi) is 7.81. The summed E-state index contributed by atoms with van der Waals surface area (Å²) >= 11 is 0. The first-order chi connectivity index (χ1) is 12.6. The Bertz CT molecular complexity index is 743. The predicted octanol–water partition coefficient (Wildman–Crippen LogP) is 4.92. The van der Waals surface area contributed by atoms with E-state index < -0.39 is 0 Å². The zero-order valence-corrected chi connectivity index (χ0v) is 15.5. The predicted molar refractivity (Wildman–Crippen MR) is 105 cm³/mol. The molecule has 0 fully saturated rings. The summed E-state index contributed by atoms with van der Waals surface area (Å²) in [5.74, 6) is -0.101. The van der Waals surface area contributed by atoms with Crippen LogP contribution in [0.5, 0.6) is 0 Å². The average Bonchev–Trinajstić information content (AvgIpc) is 2.67. The number of methoxy groups -OCH3 is 1. The minimum Gasteiger partial charge on any atom is -0.466 e. The maximum Gasteiger partial charge on any atom is 0.333 e. The molecule has 136 valence electrons. The van der Waals surface area contributed by atoms with E-state index in [0.29, 0.717) is 31.3 Å². The first kappa shape index (κ1) is 19.6. The third-order valence-corrected chi connectivity index (χ3v) is 4.30. The second kappa shape index (κ2) is 10.3. The fraction of sp³-hybridized carbons (Fsp3) is 0.304. The van der Waals surface area contributed by atoms with Gasteiger partial charge < -0.3 is 4.74 Å². The Hall–Kier alpha value is -2.68. The lowest BCUT2D eigenvalue weighted by molar-refractivity contribution is -0.136. The fourth-order valence-corrected chi connectivity index (χ4v) is 2.76. The number of esters is 1. The number of Topliss-reactive ketones (excluding diaryl/α,β-unsaturated/α-hetero) is 1. The monoisotopic (exact) mass is 350 g/mol. The van der Waals surface area contributed by atoms with Crippen LogP contribution < -0.4 is 0 Å². The van der Waals surface area contributed by atoms with Gasteiger partial charge in [0.05, 0.1) is 7.11 Å². The molecule has 26 heavy (non-hydrogen) atoms. The fourth-order valence-electron chi connectivity index (χ4n) is 2.76. The van der Waals surface area contributed by atoms with Crippen molar-refractivity contribution < 1.29 is 14.3 Å². The highest BCUT2D eigenvalue weighted by atomic mass is 16.5. The SMILES string of the molecule is COC(=O)/C(=C/c1ccc(C)cc1)CCCC(=O)CCc1ccccc1. The molecule has 0 amide bonds. The minimum atomic E-state index is -0.331. The van der Waals surface area contributed by atoms with Crippen LogP contribution in [0.25, 0.3) is 6.08 Å². The van der Waals surface area contributed by atoms with E-state index in [1.54, 1.807) is 0 Å². The van der Waals surface area contributed by atoms with Crippen molar-refractivity contribution in [3.8, 4) is 0 Å². The largest absolute Gasteiger partial charge is 0.466 e. The number of hydrogen-bond donors (Lipinski definition) is 0. The van der Waals surface area contributed by atoms with Crippen molar-refractivity contribution in [1.82, 2.24) is 0 Å². The second-order valence-electron chi connectivity index (χ2n) is 6.45. The summed E-state index contributed by atoms with van der Waals surface area (Å²) < 4.78 is 4.88. The van der Waals surface area contributed by atoms with Crippen LogP contribution in [0.4, 0.5) is 0 Å². The molecule has 0 saturated heterocycles. The number of benzene rings is 2. The molecule has 0 heterocycles. The highest BCUT2D eigenvalue weighted by molar-refractivity contribution is 5.93. The van der Waals surface area contributed by atoms with Crippen LogP contribution in [-0.2, 0) is 20.7 Å². The van der Waals surface area contributed by atoms with E-state index in [1.807, 2.05) is 67.6 Å². The Morgan fingerprint density at radius 1 is 0.923 bits per heavy atom. The van der Waals surface area contributed by atoms with Crippen LogP contribution in [0.15, 0.2) is 60.2 Å². The van der Waals surface area contributed by atoms with Crippen molar-refractivity contribution in [2.75, 3.05) is 7.11 Å². The van der Waals surface area contributed by atoms with Crippen LogP contribution in [0.2, 0.25) is 0 Å². The van der Waals surface area contributed by atoms with Gasteiger partial charge in [-0.05, 0) is 43.4 Å². The molecule has 3 nitrogen and oxygen atoms in total. The van der Waals surface area contributed by atoms with E-state index in [1.165, 1.54) is 18.2 Å². The smallest absolute Gasteiger partial charge is 0.333 e. The average molecular weight is 350 g/mol. The molecule has 0 saturated carbocycles. The summed E-state index contributed by atoms with van der Waals surface area (Å²) in [6, 6.07) is 18.0. The zero-order valence-electron chi connectivity index (χ0n) is 15.5. The maximum atomic E-state index is 12.1. The number of carbonyl (C=O) groups excluding carboxylic acids is 2. The molecule has 0 bridgehead atoms. The standard InChI is InChI=1S/C23H26O3/c1-18-11-13-20(14-12-18)17-21(23(25)26-2)9-6-10-22(24)16-15-19-7-4-3-5-8-19/h3-5,7-8,11-14,17H,6,9-10,15-16H2,1-2H3/b21-17+. The molecule has 3 heteroatoms. The molecule has 0 aromatic heterocycles. The number of rotatable bonds is 9. The van der Waals surface area contributed by atoms with Crippen LogP contribution in [0.3, 0.4) is 0 Å². The van der Waals surface area contributed by atoms with Gasteiger partial charge in [0.1, 0.15) is 5.78 Å². The van der Waals surface area contributed by atoms with Gasteiger partial charge in [-0.1, -0.05) is 60.2 Å². The summed E-state index contributed by atoms with van der Waals surface area (Å²) in [6.07, 6.45) is 4.83. The summed E-state index contributed by atoms with van der Waals surface area (Å²) in [7, 11) is 1.39. The van der Waals surface area contributed by atoms with Crippen LogP contribution >= 0.6 is 0 Å². The number of ketones is 1. The molecule has 0 radical (unpaired) electrons. The zero-order chi connectivity index (χ0) is 18.8. The Labute approximate surface area is 155 Å². The maximum absolute atomic E-state index is 12.1. The number of hydrogen-bond acceptors (Lipinski definition) is 3. The van der Waals surface area contributed by atoms with Gasteiger partial charge in [-0.25, -0.2) is 4.79 Å². The summed E-state index contributed by atoms with van der Waals surface area (Å²) in [5, 5.41) is 0. The quantitative estimate of drug-likeness (QED) is 0.476. The van der Waals surface area contributed by atoms with E-state index in [4.69, 9.17) is 4.74 Å². The molecule has 0 aliphatic carbocycles. The van der Waals surface area contributed by atoms with Crippen molar-refractivity contribution in [3.63, 3.8) is 0 Å². The van der Waals surface area contributed by atoms with Gasteiger partial charge in [0.15, 0.2) is 0 Å². The van der Waals surface area contributed by atoms with Gasteiger partial charge in [-0.3, -0.25) is 4.79 Å². The van der Waals surface area contributed by atoms with Crippen LogP contribution in [0.1, 0.15) is 42.4 Å². The van der Waals surface area contributed by atoms with E-state index >= 15 is 0 Å². The van der Waals surface area contributed by atoms with Crippen molar-refractivity contribution >= 4 is 17.8 Å². The van der Waals surface area contributed by atoms with Gasteiger partial charge >= 0.3 is 5.97 Å². The Morgan fingerprint density at radius 3 is 2.27 bits per heavy atom. The van der Waals surface area contributed by atoms with Crippen LogP contribution in [-0.4, -0.2) is 18.9 Å². The lowest BCUT2D eigenvalue weighted by Gasteiger charge is -2.06. The molecule has 2 aromatic rings. The first-order valence-corrected chi connectivity index (χ1v) is 8.99. The molecule has 2 aromatic carbocycles. The minimum absolute atomic E-state index is 0.230. The third kappa shape index (κ3) is 6.67. The lowest BCUT2D eigenvalue weighted by Crippen LogP contribution is -2.06. The van der Waals surface area contributed by atoms with Crippen molar-refractivity contribution in [3.05, 3.63) is 76.9 Å². The second-order valence-corrected chi connectivity index (χ2v) is 6.45. The van der Waals surface area contributed by atoms with Gasteiger partial charge in [0.25, 0.3) is 0 Å². The van der Waals surface area contributed by atoms with E-state index in [2.05, 4.69) is 0 Å². The molecule has 0 N–H and O–H groups in total. The molecular weight excluding hydrogens is 324 g/mol. The molecular formula is C23H26O3. The molecule has 0 aliphatic rings. The molecule has 0 atom stereocenters. The highest BCUT2D eigenvalue weighted by Crippen LogP contribution is 2.16. The lowest BCUT2D eigenvalue weighted by atomic mass is 10.0. The van der Waals surface area contributed by atoms with Crippen molar-refractivity contribution in [1.29, 1.82) is 0 Å². The number of aryl methyl sites for hydroxylation is 2. The van der Waals surface area contributed by atoms with Gasteiger partial charge in [0.2, 0.25) is 0 Å². The van der Waals surface area contributed by atoms with Crippen molar-refractivity contribution in [2.45, 2.75) is 39.0 Å². The van der Waals surface area contributed by atoms with E-state index in [0.717, 1.165) is 12.0 Å². The van der Waals surface area contributed by atoms with E-state index in [9.17, 15) is 9.59 Å². The van der Waals surface area contributed by atoms with Gasteiger partial charge in [-0.2, -0.15) is 0 Å². The highest BCUT2D eigenvalue weighted by Gasteiger charge is 2.11. The Morgan fingerprint density at radius 2 is 1.62 bits per heavy atom. The topological polar surface area (TPSA) is 43.4 Å². The number of carbonyl (C=O) groups is 2. The molecule has 2 rings (SSSR count). The van der Waals surface area contributed by atoms with E-state index in [-0.39, 0.29) is 11.8 Å². The molecule has 0 spiro atoms. The Balaban J connectivity index is 1.86. The van der Waals surface area contributed by atoms with Gasteiger partial charge in [-0.15, -0.1) is 0 Å². The normalized spacial score (nSPS) is 11.2. The van der Waals surface area contributed by atoms with Gasteiger partial charge in [0, 0.05) is 18.4 Å².